The van der Waals surface area contributed by atoms with Crippen molar-refractivity contribution in [3.63, 3.8) is 0 Å². The van der Waals surface area contributed by atoms with Crippen LogP contribution in [0.15, 0.2) is 42.5 Å². The number of benzene rings is 1. The zero-order valence-corrected chi connectivity index (χ0v) is 20.2. The molecule has 1 atom stereocenters. The van der Waals surface area contributed by atoms with E-state index in [2.05, 4.69) is 10.3 Å². The van der Waals surface area contributed by atoms with Crippen molar-refractivity contribution in [3.05, 3.63) is 53.2 Å². The SMILES string of the molecule is Nc1ccc(CCC(=O)NC(N2CCCN(c3cccc(Cl)n3)C2=S)C(Cl)(Cl)Cl)cc1. The Morgan fingerprint density at radius 3 is 2.55 bits per heavy atom. The topological polar surface area (TPSA) is 74.5 Å². The minimum absolute atomic E-state index is 0.224. The highest BCUT2D eigenvalue weighted by Gasteiger charge is 2.42. The minimum atomic E-state index is -1.80. The number of alkyl halides is 3. The smallest absolute Gasteiger partial charge is 0.228 e. The fraction of sp³-hybridized carbons (Fsp3) is 0.350. The number of amides is 1. The molecule has 0 bridgehead atoms. The van der Waals surface area contributed by atoms with E-state index in [1.165, 1.54) is 0 Å². The van der Waals surface area contributed by atoms with Crippen molar-refractivity contribution in [2.45, 2.75) is 29.2 Å². The third-order valence-electron chi connectivity index (χ3n) is 4.77. The maximum absolute atomic E-state index is 12.7. The fourth-order valence-electron chi connectivity index (χ4n) is 3.25. The van der Waals surface area contributed by atoms with E-state index < -0.39 is 9.96 Å². The quantitative estimate of drug-likeness (QED) is 0.252. The number of hydrogen-bond acceptors (Lipinski definition) is 4. The van der Waals surface area contributed by atoms with Crippen LogP contribution < -0.4 is 16.0 Å². The Labute approximate surface area is 206 Å². The number of carbonyl (C=O) groups excluding carboxylic acids is 1. The third-order valence-corrected chi connectivity index (χ3v) is 6.06. The van der Waals surface area contributed by atoms with Gasteiger partial charge in [-0.2, -0.15) is 0 Å². The molecule has 1 fully saturated rings. The van der Waals surface area contributed by atoms with Crippen molar-refractivity contribution in [1.29, 1.82) is 0 Å². The average molecular weight is 521 g/mol. The van der Waals surface area contributed by atoms with E-state index in [0.29, 0.717) is 41.3 Å². The monoisotopic (exact) mass is 519 g/mol. The predicted octanol–water partition coefficient (Wildman–Crippen LogP) is 4.56. The Morgan fingerprint density at radius 2 is 1.90 bits per heavy atom. The zero-order chi connectivity index (χ0) is 22.6. The van der Waals surface area contributed by atoms with Crippen LogP contribution in [0.1, 0.15) is 18.4 Å². The van der Waals surface area contributed by atoms with Crippen LogP contribution in [0.3, 0.4) is 0 Å². The number of rotatable bonds is 6. The van der Waals surface area contributed by atoms with Crippen molar-refractivity contribution < 1.29 is 4.79 Å². The number of aryl methyl sites for hydroxylation is 1. The first kappa shape index (κ1) is 24.1. The van der Waals surface area contributed by atoms with Gasteiger partial charge < -0.3 is 20.9 Å². The lowest BCUT2D eigenvalue weighted by Crippen LogP contribution is -2.62. The molecule has 3 rings (SSSR count). The van der Waals surface area contributed by atoms with Crippen molar-refractivity contribution >= 4 is 81.1 Å². The molecular weight excluding hydrogens is 500 g/mol. The molecule has 1 amide bonds. The van der Waals surface area contributed by atoms with Gasteiger partial charge in [0.15, 0.2) is 11.3 Å². The summed E-state index contributed by atoms with van der Waals surface area (Å²) in [6.45, 7) is 1.16. The molecule has 1 aliphatic rings. The Balaban J connectivity index is 1.71. The number of thiocarbonyl (C=S) groups is 1. The first-order valence-corrected chi connectivity index (χ1v) is 11.5. The standard InChI is InChI=1S/C20H21Cl4N5OS/c21-15-3-1-4-16(26-15)28-11-2-12-29(19(28)31)18(20(22,23)24)27-17(30)10-7-13-5-8-14(25)9-6-13/h1,3-6,8-9,18H,2,7,10-12,25H2,(H,27,30). The van der Waals surface area contributed by atoms with Crippen LogP contribution in [0.4, 0.5) is 11.5 Å². The number of pyridine rings is 1. The van der Waals surface area contributed by atoms with E-state index in [1.807, 2.05) is 17.0 Å². The van der Waals surface area contributed by atoms with E-state index in [4.69, 9.17) is 64.4 Å². The van der Waals surface area contributed by atoms with E-state index >= 15 is 0 Å². The van der Waals surface area contributed by atoms with Crippen molar-refractivity contribution in [3.8, 4) is 0 Å². The normalized spacial score (nSPS) is 15.7. The molecule has 0 radical (unpaired) electrons. The number of aromatic nitrogens is 1. The highest BCUT2D eigenvalue weighted by molar-refractivity contribution is 7.80. The summed E-state index contributed by atoms with van der Waals surface area (Å²) in [7, 11) is 0. The number of hydrogen-bond donors (Lipinski definition) is 2. The Kier molecular flexibility index (Phi) is 8.10. The van der Waals surface area contributed by atoms with Gasteiger partial charge in [0.1, 0.15) is 11.0 Å². The van der Waals surface area contributed by atoms with Gasteiger partial charge in [-0.3, -0.25) is 4.79 Å². The summed E-state index contributed by atoms with van der Waals surface area (Å²) in [4.78, 5) is 20.5. The Morgan fingerprint density at radius 1 is 1.19 bits per heavy atom. The van der Waals surface area contributed by atoms with Crippen LogP contribution in [-0.2, 0) is 11.2 Å². The van der Waals surface area contributed by atoms with Crippen LogP contribution in [-0.4, -0.2) is 44.0 Å². The lowest BCUT2D eigenvalue weighted by Gasteiger charge is -2.44. The van der Waals surface area contributed by atoms with Crippen molar-refractivity contribution in [2.75, 3.05) is 23.7 Å². The summed E-state index contributed by atoms with van der Waals surface area (Å²) in [5.74, 6) is 0.342. The molecule has 1 saturated heterocycles. The Bertz CT molecular complexity index is 938. The van der Waals surface area contributed by atoms with Gasteiger partial charge in [0, 0.05) is 25.2 Å². The summed E-state index contributed by atoms with van der Waals surface area (Å²) in [6, 6.07) is 12.6. The third kappa shape index (κ3) is 6.49. The molecule has 166 valence electrons. The van der Waals surface area contributed by atoms with Gasteiger partial charge in [-0.15, -0.1) is 0 Å². The van der Waals surface area contributed by atoms with Gasteiger partial charge in [-0.1, -0.05) is 64.6 Å². The van der Waals surface area contributed by atoms with Crippen molar-refractivity contribution in [2.24, 2.45) is 0 Å². The molecule has 2 heterocycles. The lowest BCUT2D eigenvalue weighted by molar-refractivity contribution is -0.122. The number of nitrogen functional groups attached to an aromatic ring is 1. The molecule has 0 aliphatic carbocycles. The molecule has 1 aromatic carbocycles. The van der Waals surface area contributed by atoms with Gasteiger partial charge in [-0.05, 0) is 54.9 Å². The van der Waals surface area contributed by atoms with Crippen LogP contribution in [0.2, 0.25) is 5.15 Å². The molecule has 31 heavy (non-hydrogen) atoms. The van der Waals surface area contributed by atoms with Crippen LogP contribution in [0.25, 0.3) is 0 Å². The zero-order valence-electron chi connectivity index (χ0n) is 16.4. The van der Waals surface area contributed by atoms with E-state index in [1.54, 1.807) is 35.2 Å². The van der Waals surface area contributed by atoms with Gasteiger partial charge in [0.05, 0.1) is 0 Å². The maximum atomic E-state index is 12.7. The number of carbonyl (C=O) groups is 1. The molecule has 1 unspecified atom stereocenters. The molecule has 1 aromatic heterocycles. The van der Waals surface area contributed by atoms with Gasteiger partial charge in [0.25, 0.3) is 0 Å². The summed E-state index contributed by atoms with van der Waals surface area (Å²) >= 11 is 30.4. The number of halogens is 4. The van der Waals surface area contributed by atoms with Gasteiger partial charge >= 0.3 is 0 Å². The van der Waals surface area contributed by atoms with Crippen molar-refractivity contribution in [1.82, 2.24) is 15.2 Å². The van der Waals surface area contributed by atoms with E-state index in [0.717, 1.165) is 12.0 Å². The summed E-state index contributed by atoms with van der Waals surface area (Å²) in [6.07, 6.45) is 0.543. The number of nitrogens with two attached hydrogens (primary N) is 1. The molecule has 0 saturated carbocycles. The number of nitrogens with one attached hydrogen (secondary N) is 1. The number of anilines is 2. The second-order valence-electron chi connectivity index (χ2n) is 7.05. The molecular formula is C20H21Cl4N5OS. The van der Waals surface area contributed by atoms with Gasteiger partial charge in [-0.25, -0.2) is 4.98 Å². The highest BCUT2D eigenvalue weighted by Crippen LogP contribution is 2.34. The largest absolute Gasteiger partial charge is 0.399 e. The summed E-state index contributed by atoms with van der Waals surface area (Å²) in [5.41, 5.74) is 7.35. The summed E-state index contributed by atoms with van der Waals surface area (Å²) in [5, 5.41) is 3.58. The van der Waals surface area contributed by atoms with Crippen LogP contribution in [0.5, 0.6) is 0 Å². The first-order valence-electron chi connectivity index (χ1n) is 9.56. The Hall–Kier alpha value is -1.51. The molecule has 1 aliphatic heterocycles. The highest BCUT2D eigenvalue weighted by atomic mass is 35.6. The molecule has 2 aromatic rings. The predicted molar refractivity (Wildman–Crippen MR) is 132 cm³/mol. The summed E-state index contributed by atoms with van der Waals surface area (Å²) < 4.78 is -1.80. The average Bonchev–Trinajstić information content (AvgIpc) is 2.71. The fourth-order valence-corrected chi connectivity index (χ4v) is 4.31. The molecule has 6 nitrogen and oxygen atoms in total. The second kappa shape index (κ2) is 10.4. The minimum Gasteiger partial charge on any atom is -0.399 e. The van der Waals surface area contributed by atoms with E-state index in [-0.39, 0.29) is 12.3 Å². The number of nitrogens with zero attached hydrogens (tertiary/aromatic N) is 3. The van der Waals surface area contributed by atoms with Crippen LogP contribution in [0, 0.1) is 0 Å². The van der Waals surface area contributed by atoms with E-state index in [9.17, 15) is 4.79 Å². The molecule has 11 heteroatoms. The van der Waals surface area contributed by atoms with Gasteiger partial charge in [0.2, 0.25) is 9.70 Å². The first-order chi connectivity index (χ1) is 14.6. The molecule has 3 N–H and O–H groups in total. The second-order valence-corrected chi connectivity index (χ2v) is 10.2. The maximum Gasteiger partial charge on any atom is 0.228 e. The molecule has 0 spiro atoms. The lowest BCUT2D eigenvalue weighted by atomic mass is 10.1. The van der Waals surface area contributed by atoms with Crippen LogP contribution >= 0.6 is 58.6 Å².